The van der Waals surface area contributed by atoms with Gasteiger partial charge in [0.25, 0.3) is 0 Å². The van der Waals surface area contributed by atoms with Gasteiger partial charge in [0.05, 0.1) is 19.9 Å². The van der Waals surface area contributed by atoms with Gasteiger partial charge < -0.3 is 30.9 Å². The number of aliphatic hydroxyl groups excluding tert-OH is 3. The van der Waals surface area contributed by atoms with Crippen molar-refractivity contribution in [1.82, 2.24) is 25.3 Å². The minimum atomic E-state index is -0.0478. The highest BCUT2D eigenvalue weighted by Crippen LogP contribution is 1.96. The Kier molecular flexibility index (Phi) is 18.2. The van der Waals surface area contributed by atoms with Gasteiger partial charge in [-0.25, -0.2) is 0 Å². The third-order valence-electron chi connectivity index (χ3n) is 4.19. The molecular formula is C17H41N5O3. The lowest BCUT2D eigenvalue weighted by molar-refractivity contribution is 0.0722. The Labute approximate surface area is 153 Å². The summed E-state index contributed by atoms with van der Waals surface area (Å²) < 4.78 is 0. The van der Waals surface area contributed by atoms with E-state index in [0.29, 0.717) is 19.6 Å². The van der Waals surface area contributed by atoms with Crippen molar-refractivity contribution in [3.8, 4) is 0 Å². The first kappa shape index (κ1) is 24.7. The number of hydrogen-bond donors (Lipinski definition) is 5. The van der Waals surface area contributed by atoms with Gasteiger partial charge in [0, 0.05) is 65.4 Å². The molecule has 0 fully saturated rings. The summed E-state index contributed by atoms with van der Waals surface area (Å²) in [6.07, 6.45) is 1.13. The Morgan fingerprint density at radius 3 is 1.72 bits per heavy atom. The molecule has 0 radical (unpaired) electrons. The fourth-order valence-electron chi connectivity index (χ4n) is 2.66. The van der Waals surface area contributed by atoms with Crippen LogP contribution in [0.1, 0.15) is 13.3 Å². The van der Waals surface area contributed by atoms with Crippen molar-refractivity contribution >= 4 is 0 Å². The topological polar surface area (TPSA) is 94.5 Å². The van der Waals surface area contributed by atoms with Crippen molar-refractivity contribution in [1.29, 1.82) is 0 Å². The highest BCUT2D eigenvalue weighted by atomic mass is 16.3. The summed E-state index contributed by atoms with van der Waals surface area (Å²) in [7, 11) is 1.96. The summed E-state index contributed by atoms with van der Waals surface area (Å²) >= 11 is 0. The average Bonchev–Trinajstić information content (AvgIpc) is 2.62. The SMILES string of the molecule is CCCN(CCNCCNC)CCN(CCO)CCN(CO)CCO. The molecule has 0 aliphatic heterocycles. The maximum atomic E-state index is 9.28. The molecule has 0 bridgehead atoms. The van der Waals surface area contributed by atoms with E-state index in [1.807, 2.05) is 7.05 Å². The Balaban J connectivity index is 4.17. The van der Waals surface area contributed by atoms with Gasteiger partial charge in [-0.1, -0.05) is 6.92 Å². The molecule has 8 heteroatoms. The molecule has 0 unspecified atom stereocenters. The monoisotopic (exact) mass is 363 g/mol. The van der Waals surface area contributed by atoms with Crippen molar-refractivity contribution in [2.24, 2.45) is 0 Å². The summed E-state index contributed by atoms with van der Waals surface area (Å²) in [5, 5.41) is 34.1. The second-order valence-corrected chi connectivity index (χ2v) is 6.24. The van der Waals surface area contributed by atoms with Crippen LogP contribution < -0.4 is 10.6 Å². The number of rotatable bonds is 19. The van der Waals surface area contributed by atoms with E-state index in [4.69, 9.17) is 5.11 Å². The zero-order valence-electron chi connectivity index (χ0n) is 16.3. The molecule has 0 aliphatic rings. The van der Waals surface area contributed by atoms with Crippen molar-refractivity contribution < 1.29 is 15.3 Å². The van der Waals surface area contributed by atoms with E-state index in [-0.39, 0.29) is 19.9 Å². The minimum Gasteiger partial charge on any atom is -0.395 e. The predicted molar refractivity (Wildman–Crippen MR) is 103 cm³/mol. The molecule has 0 atom stereocenters. The average molecular weight is 364 g/mol. The lowest BCUT2D eigenvalue weighted by Gasteiger charge is -2.29. The molecule has 5 N–H and O–H groups in total. The largest absolute Gasteiger partial charge is 0.395 e. The standard InChI is InChI=1S/C17H41N5O3/c1-3-7-20(8-6-19-5-4-18-2)9-10-21(13-15-23)11-12-22(17-25)14-16-24/h18-19,23-25H,3-17H2,1-2H3. The molecule has 152 valence electrons. The normalized spacial score (nSPS) is 12.0. The molecule has 0 amide bonds. The predicted octanol–water partition coefficient (Wildman–Crippen LogP) is -1.95. The third-order valence-corrected chi connectivity index (χ3v) is 4.19. The maximum absolute atomic E-state index is 9.28. The molecule has 0 aliphatic carbocycles. The van der Waals surface area contributed by atoms with E-state index in [9.17, 15) is 10.2 Å². The zero-order chi connectivity index (χ0) is 18.8. The molecule has 0 heterocycles. The van der Waals surface area contributed by atoms with Crippen LogP contribution in [-0.4, -0.2) is 129 Å². The van der Waals surface area contributed by atoms with Gasteiger partial charge in [0.2, 0.25) is 0 Å². The first-order valence-electron chi connectivity index (χ1n) is 9.56. The van der Waals surface area contributed by atoms with Crippen LogP contribution in [0.4, 0.5) is 0 Å². The van der Waals surface area contributed by atoms with Crippen LogP contribution >= 0.6 is 0 Å². The molecular weight excluding hydrogens is 322 g/mol. The number of hydrogen-bond acceptors (Lipinski definition) is 8. The summed E-state index contributed by atoms with van der Waals surface area (Å²) in [4.78, 5) is 6.48. The van der Waals surface area contributed by atoms with Crippen LogP contribution in [0.5, 0.6) is 0 Å². The van der Waals surface area contributed by atoms with Gasteiger partial charge in [0.1, 0.15) is 0 Å². The van der Waals surface area contributed by atoms with Crippen LogP contribution in [0.3, 0.4) is 0 Å². The highest BCUT2D eigenvalue weighted by molar-refractivity contribution is 4.66. The summed E-state index contributed by atoms with van der Waals surface area (Å²) in [6, 6.07) is 0. The number of likely N-dealkylation sites (N-methyl/N-ethyl adjacent to an activating group) is 1. The molecule has 0 aromatic heterocycles. The Morgan fingerprint density at radius 1 is 0.640 bits per heavy atom. The lowest BCUT2D eigenvalue weighted by Crippen LogP contribution is -2.43. The van der Waals surface area contributed by atoms with E-state index in [2.05, 4.69) is 27.4 Å². The van der Waals surface area contributed by atoms with Gasteiger partial charge in [0.15, 0.2) is 0 Å². The number of aliphatic hydroxyl groups is 3. The first-order valence-corrected chi connectivity index (χ1v) is 9.56. The van der Waals surface area contributed by atoms with Crippen molar-refractivity contribution in [3.05, 3.63) is 0 Å². The quantitative estimate of drug-likeness (QED) is 0.134. The second-order valence-electron chi connectivity index (χ2n) is 6.24. The van der Waals surface area contributed by atoms with Crippen molar-refractivity contribution in [2.75, 3.05) is 99.0 Å². The molecule has 0 aromatic carbocycles. The van der Waals surface area contributed by atoms with Gasteiger partial charge in [-0.2, -0.15) is 0 Å². The Bertz CT molecular complexity index is 275. The van der Waals surface area contributed by atoms with Crippen LogP contribution in [-0.2, 0) is 0 Å². The van der Waals surface area contributed by atoms with Crippen molar-refractivity contribution in [2.45, 2.75) is 13.3 Å². The van der Waals surface area contributed by atoms with Gasteiger partial charge in [-0.05, 0) is 20.0 Å². The summed E-state index contributed by atoms with van der Waals surface area (Å²) in [5.74, 6) is 0. The summed E-state index contributed by atoms with van der Waals surface area (Å²) in [5.41, 5.74) is 0. The maximum Gasteiger partial charge on any atom is 0.0957 e. The molecule has 0 rings (SSSR count). The fourth-order valence-corrected chi connectivity index (χ4v) is 2.66. The van der Waals surface area contributed by atoms with E-state index in [0.717, 1.165) is 58.8 Å². The smallest absolute Gasteiger partial charge is 0.0957 e. The molecule has 0 saturated heterocycles. The molecule has 0 aromatic rings. The number of nitrogens with zero attached hydrogens (tertiary/aromatic N) is 3. The lowest BCUT2D eigenvalue weighted by atomic mass is 10.3. The van der Waals surface area contributed by atoms with E-state index in [1.54, 1.807) is 4.90 Å². The first-order chi connectivity index (χ1) is 12.2. The highest BCUT2D eigenvalue weighted by Gasteiger charge is 2.10. The molecule has 0 spiro atoms. The minimum absolute atomic E-state index is 0.0470. The third kappa shape index (κ3) is 14.5. The van der Waals surface area contributed by atoms with Crippen molar-refractivity contribution in [3.63, 3.8) is 0 Å². The van der Waals surface area contributed by atoms with Gasteiger partial charge >= 0.3 is 0 Å². The van der Waals surface area contributed by atoms with Crippen LogP contribution in [0, 0.1) is 0 Å². The van der Waals surface area contributed by atoms with Gasteiger partial charge in [-0.3, -0.25) is 9.80 Å². The molecule has 0 saturated carbocycles. The Hall–Kier alpha value is -0.320. The zero-order valence-corrected chi connectivity index (χ0v) is 16.3. The van der Waals surface area contributed by atoms with Crippen LogP contribution in [0.2, 0.25) is 0 Å². The van der Waals surface area contributed by atoms with Crippen LogP contribution in [0.15, 0.2) is 0 Å². The second kappa shape index (κ2) is 18.5. The Morgan fingerprint density at radius 2 is 1.20 bits per heavy atom. The molecule has 25 heavy (non-hydrogen) atoms. The van der Waals surface area contributed by atoms with E-state index in [1.165, 1.54) is 0 Å². The molecule has 8 nitrogen and oxygen atoms in total. The van der Waals surface area contributed by atoms with Crippen LogP contribution in [0.25, 0.3) is 0 Å². The van der Waals surface area contributed by atoms with E-state index >= 15 is 0 Å². The number of nitrogens with one attached hydrogen (secondary N) is 2. The van der Waals surface area contributed by atoms with Gasteiger partial charge in [-0.15, -0.1) is 0 Å². The summed E-state index contributed by atoms with van der Waals surface area (Å²) in [6.45, 7) is 11.8. The fraction of sp³-hybridized carbons (Fsp3) is 1.00. The van der Waals surface area contributed by atoms with E-state index < -0.39 is 0 Å².